The van der Waals surface area contributed by atoms with Crippen molar-refractivity contribution in [3.05, 3.63) is 77.6 Å². The zero-order valence-electron chi connectivity index (χ0n) is 18.5. The third kappa shape index (κ3) is 5.69. The minimum atomic E-state index is -1.06. The average Bonchev–Trinajstić information content (AvgIpc) is 3.57. The molecule has 0 aliphatic heterocycles. The van der Waals surface area contributed by atoms with Gasteiger partial charge in [0.25, 0.3) is 11.8 Å². The fraction of sp³-hybridized carbons (Fsp3) is 0.320. The van der Waals surface area contributed by atoms with E-state index >= 15 is 0 Å². The first-order valence-electron chi connectivity index (χ1n) is 11.3. The van der Waals surface area contributed by atoms with Crippen molar-refractivity contribution in [1.29, 1.82) is 0 Å². The Morgan fingerprint density at radius 3 is 2.32 bits per heavy atom. The number of amides is 3. The van der Waals surface area contributed by atoms with Crippen LogP contribution in [-0.2, 0) is 9.59 Å². The maximum Gasteiger partial charge on any atom is 0.287 e. The van der Waals surface area contributed by atoms with E-state index in [-0.39, 0.29) is 24.3 Å². The van der Waals surface area contributed by atoms with Gasteiger partial charge in [-0.1, -0.05) is 30.9 Å². The summed E-state index contributed by atoms with van der Waals surface area (Å²) in [4.78, 5) is 40.6. The maximum atomic E-state index is 13.5. The Kier molecular flexibility index (Phi) is 7.69. The predicted molar refractivity (Wildman–Crippen MR) is 126 cm³/mol. The van der Waals surface area contributed by atoms with Crippen LogP contribution in [0.3, 0.4) is 0 Å². The smallest absolute Gasteiger partial charge is 0.287 e. The number of nitrogens with zero attached hydrogens (tertiary/aromatic N) is 1. The van der Waals surface area contributed by atoms with Gasteiger partial charge in [0, 0.05) is 16.8 Å². The van der Waals surface area contributed by atoms with Crippen molar-refractivity contribution in [2.24, 2.45) is 0 Å². The lowest BCUT2D eigenvalue weighted by molar-refractivity contribution is -0.127. The van der Waals surface area contributed by atoms with Gasteiger partial charge in [0.1, 0.15) is 5.76 Å². The maximum absolute atomic E-state index is 13.5. The summed E-state index contributed by atoms with van der Waals surface area (Å²) in [5, 5.41) is 6.13. The summed E-state index contributed by atoms with van der Waals surface area (Å²) in [6.45, 7) is -0.351. The fourth-order valence-electron chi connectivity index (χ4n) is 4.12. The molecule has 178 valence electrons. The van der Waals surface area contributed by atoms with Gasteiger partial charge in [-0.15, -0.1) is 0 Å². The lowest BCUT2D eigenvalue weighted by atomic mass is 9.95. The van der Waals surface area contributed by atoms with Crippen molar-refractivity contribution < 1.29 is 23.2 Å². The molecule has 1 fully saturated rings. The topological polar surface area (TPSA) is 105 Å². The summed E-state index contributed by atoms with van der Waals surface area (Å²) in [5.41, 5.74) is 0.446. The van der Waals surface area contributed by atoms with E-state index in [2.05, 4.69) is 10.6 Å². The molecule has 1 aromatic carbocycles. The molecule has 0 spiro atoms. The molecule has 2 heterocycles. The van der Waals surface area contributed by atoms with Crippen LogP contribution in [0.5, 0.6) is 0 Å². The zero-order valence-corrected chi connectivity index (χ0v) is 19.3. The average molecular weight is 484 g/mol. The van der Waals surface area contributed by atoms with Crippen LogP contribution in [-0.4, -0.2) is 30.3 Å². The Morgan fingerprint density at radius 1 is 0.971 bits per heavy atom. The second kappa shape index (κ2) is 11.1. The Bertz CT molecular complexity index is 1090. The van der Waals surface area contributed by atoms with Gasteiger partial charge >= 0.3 is 0 Å². The molecule has 1 saturated carbocycles. The molecule has 1 atom stereocenters. The summed E-state index contributed by atoms with van der Waals surface area (Å²) in [6, 6.07) is 12.0. The van der Waals surface area contributed by atoms with E-state index in [1.165, 1.54) is 23.5 Å². The second-order valence-electron chi connectivity index (χ2n) is 8.16. The molecule has 9 heteroatoms. The number of anilines is 1. The molecule has 1 aliphatic carbocycles. The molecule has 34 heavy (non-hydrogen) atoms. The third-order valence-corrected chi connectivity index (χ3v) is 6.04. The van der Waals surface area contributed by atoms with Crippen molar-refractivity contribution in [3.63, 3.8) is 0 Å². The van der Waals surface area contributed by atoms with Gasteiger partial charge in [0.05, 0.1) is 19.1 Å². The first-order chi connectivity index (χ1) is 16.5. The summed E-state index contributed by atoms with van der Waals surface area (Å²) < 4.78 is 10.7. The van der Waals surface area contributed by atoms with Crippen molar-refractivity contribution in [2.75, 3.05) is 11.4 Å². The molecule has 3 aromatic rings. The number of hydrogen-bond acceptors (Lipinski definition) is 5. The third-order valence-electron chi connectivity index (χ3n) is 5.79. The fourth-order valence-corrected chi connectivity index (χ4v) is 4.25. The molecule has 8 nitrogen and oxygen atoms in total. The first kappa shape index (κ1) is 23.6. The highest BCUT2D eigenvalue weighted by Crippen LogP contribution is 2.30. The Balaban J connectivity index is 1.62. The summed E-state index contributed by atoms with van der Waals surface area (Å²) >= 11 is 6.06. The molecule has 0 bridgehead atoms. The normalized spacial score (nSPS) is 14.9. The van der Waals surface area contributed by atoms with Gasteiger partial charge in [-0.25, -0.2) is 0 Å². The standard InChI is InChI=1S/C25H26ClN3O5/c26-17-10-12-19(13-11-17)29(22(30)16-27-24(31)21-9-5-15-34-21)23(20-8-4-14-33-20)25(32)28-18-6-2-1-3-7-18/h4-5,8-15,18,23H,1-3,6-7,16H2,(H,27,31)(H,28,32)/t23-/m0/s1. The highest BCUT2D eigenvalue weighted by atomic mass is 35.5. The van der Waals surface area contributed by atoms with Gasteiger partial charge in [-0.3, -0.25) is 19.3 Å². The van der Waals surface area contributed by atoms with Crippen LogP contribution in [0, 0.1) is 0 Å². The molecule has 2 aromatic heterocycles. The van der Waals surface area contributed by atoms with Crippen LogP contribution in [0.2, 0.25) is 5.02 Å². The number of rotatable bonds is 8. The van der Waals surface area contributed by atoms with Crippen molar-refractivity contribution in [3.8, 4) is 0 Å². The Morgan fingerprint density at radius 2 is 1.68 bits per heavy atom. The van der Waals surface area contributed by atoms with Gasteiger partial charge < -0.3 is 19.5 Å². The number of halogens is 1. The number of hydrogen-bond donors (Lipinski definition) is 2. The van der Waals surface area contributed by atoms with E-state index in [1.54, 1.807) is 42.5 Å². The van der Waals surface area contributed by atoms with E-state index in [0.717, 1.165) is 32.1 Å². The number of furan rings is 2. The molecule has 0 unspecified atom stereocenters. The summed E-state index contributed by atoms with van der Waals surface area (Å²) in [5.74, 6) is -0.974. The van der Waals surface area contributed by atoms with Crippen molar-refractivity contribution in [1.82, 2.24) is 10.6 Å². The molecule has 0 saturated heterocycles. The van der Waals surface area contributed by atoms with Crippen molar-refractivity contribution >= 4 is 35.0 Å². The molecule has 0 radical (unpaired) electrons. The quantitative estimate of drug-likeness (QED) is 0.491. The number of benzene rings is 1. The largest absolute Gasteiger partial charge is 0.467 e. The monoisotopic (exact) mass is 483 g/mol. The van der Waals surface area contributed by atoms with Crippen LogP contribution in [0.15, 0.2) is 69.9 Å². The minimum Gasteiger partial charge on any atom is -0.467 e. The Labute approximate surface area is 202 Å². The number of carbonyl (C=O) groups excluding carboxylic acids is 3. The van der Waals surface area contributed by atoms with E-state index in [0.29, 0.717) is 16.5 Å². The lowest BCUT2D eigenvalue weighted by Gasteiger charge is -2.32. The van der Waals surface area contributed by atoms with Gasteiger partial charge in [0.2, 0.25) is 5.91 Å². The molecule has 3 amide bonds. The molecule has 4 rings (SSSR count). The van der Waals surface area contributed by atoms with Gasteiger partial charge in [0.15, 0.2) is 11.8 Å². The highest BCUT2D eigenvalue weighted by Gasteiger charge is 2.36. The second-order valence-corrected chi connectivity index (χ2v) is 8.60. The SMILES string of the molecule is O=C(NCC(=O)N(c1ccc(Cl)cc1)[C@H](C(=O)NC1CCCCC1)c1ccco1)c1ccco1. The van der Waals surface area contributed by atoms with E-state index < -0.39 is 17.9 Å². The molecular formula is C25H26ClN3O5. The predicted octanol–water partition coefficient (Wildman–Crippen LogP) is 4.48. The highest BCUT2D eigenvalue weighted by molar-refractivity contribution is 6.30. The van der Waals surface area contributed by atoms with Crippen LogP contribution < -0.4 is 15.5 Å². The molecule has 1 aliphatic rings. The van der Waals surface area contributed by atoms with Crippen LogP contribution in [0.1, 0.15) is 54.5 Å². The van der Waals surface area contributed by atoms with Crippen LogP contribution >= 0.6 is 11.6 Å². The number of carbonyl (C=O) groups is 3. The van der Waals surface area contributed by atoms with Crippen LogP contribution in [0.4, 0.5) is 5.69 Å². The molecular weight excluding hydrogens is 458 g/mol. The van der Waals surface area contributed by atoms with Crippen molar-refractivity contribution in [2.45, 2.75) is 44.2 Å². The van der Waals surface area contributed by atoms with Gasteiger partial charge in [-0.2, -0.15) is 0 Å². The van der Waals surface area contributed by atoms with Crippen LogP contribution in [0.25, 0.3) is 0 Å². The summed E-state index contributed by atoms with van der Waals surface area (Å²) in [6.07, 6.45) is 7.87. The van der Waals surface area contributed by atoms with E-state index in [4.69, 9.17) is 20.4 Å². The van der Waals surface area contributed by atoms with E-state index in [1.807, 2.05) is 0 Å². The van der Waals surface area contributed by atoms with Gasteiger partial charge in [-0.05, 0) is 61.4 Å². The summed E-state index contributed by atoms with van der Waals surface area (Å²) in [7, 11) is 0. The lowest BCUT2D eigenvalue weighted by Crippen LogP contribution is -2.49. The Hall–Kier alpha value is -3.52. The minimum absolute atomic E-state index is 0.0412. The number of nitrogens with one attached hydrogen (secondary N) is 2. The van der Waals surface area contributed by atoms with E-state index in [9.17, 15) is 14.4 Å². The zero-order chi connectivity index (χ0) is 23.9. The molecule has 2 N–H and O–H groups in total. The first-order valence-corrected chi connectivity index (χ1v) is 11.6.